The first-order valence-electron chi connectivity index (χ1n) is 9.12. The zero-order valence-corrected chi connectivity index (χ0v) is 17.4. The van der Waals surface area contributed by atoms with E-state index in [4.69, 9.17) is 9.15 Å². The Morgan fingerprint density at radius 1 is 1.28 bits per heavy atom. The second-order valence-corrected chi connectivity index (χ2v) is 8.01. The monoisotopic (exact) mass is 411 g/mol. The lowest BCUT2D eigenvalue weighted by Gasteiger charge is -2.21. The Bertz CT molecular complexity index is 1100. The van der Waals surface area contributed by atoms with Crippen LogP contribution in [0.15, 0.2) is 40.1 Å². The van der Waals surface area contributed by atoms with E-state index in [0.29, 0.717) is 22.8 Å². The fourth-order valence-electron chi connectivity index (χ4n) is 3.58. The highest BCUT2D eigenvalue weighted by atomic mass is 32.1. The Kier molecular flexibility index (Phi) is 4.66. The molecule has 1 N–H and O–H groups in total. The fourth-order valence-corrected chi connectivity index (χ4v) is 4.39. The topological polar surface area (TPSA) is 84.7 Å². The van der Waals surface area contributed by atoms with Crippen molar-refractivity contribution in [2.24, 2.45) is 0 Å². The average molecular weight is 411 g/mol. The SMILES string of the molecule is COc1cccc(-c2nc(CN3C(=O)NC(C)(c4cc(C)oc4C)C3=O)cs2)c1. The number of hydrogen-bond acceptors (Lipinski definition) is 6. The van der Waals surface area contributed by atoms with Gasteiger partial charge in [-0.3, -0.25) is 9.69 Å². The number of rotatable bonds is 5. The fraction of sp³-hybridized carbons (Fsp3) is 0.286. The third kappa shape index (κ3) is 3.29. The molecule has 1 atom stereocenters. The van der Waals surface area contributed by atoms with Gasteiger partial charge in [-0.05, 0) is 39.0 Å². The van der Waals surface area contributed by atoms with E-state index >= 15 is 0 Å². The molecule has 1 aliphatic heterocycles. The predicted molar refractivity (Wildman–Crippen MR) is 109 cm³/mol. The van der Waals surface area contributed by atoms with Gasteiger partial charge in [0, 0.05) is 16.5 Å². The van der Waals surface area contributed by atoms with Crippen molar-refractivity contribution in [3.05, 3.63) is 58.5 Å². The largest absolute Gasteiger partial charge is 0.497 e. The Balaban J connectivity index is 1.57. The van der Waals surface area contributed by atoms with Gasteiger partial charge in [0.05, 0.1) is 19.3 Å². The summed E-state index contributed by atoms with van der Waals surface area (Å²) in [5, 5.41) is 5.47. The van der Waals surface area contributed by atoms with Crippen LogP contribution in [0.3, 0.4) is 0 Å². The second kappa shape index (κ2) is 7.04. The third-order valence-electron chi connectivity index (χ3n) is 5.04. The minimum Gasteiger partial charge on any atom is -0.497 e. The van der Waals surface area contributed by atoms with Crippen LogP contribution in [0.4, 0.5) is 4.79 Å². The van der Waals surface area contributed by atoms with Crippen molar-refractivity contribution in [3.63, 3.8) is 0 Å². The van der Waals surface area contributed by atoms with Gasteiger partial charge in [-0.25, -0.2) is 9.78 Å². The zero-order chi connectivity index (χ0) is 20.8. The van der Waals surface area contributed by atoms with E-state index in [9.17, 15) is 9.59 Å². The molecule has 3 amide bonds. The number of carbonyl (C=O) groups is 2. The molecule has 7 nitrogen and oxygen atoms in total. The highest BCUT2D eigenvalue weighted by Gasteiger charge is 2.50. The lowest BCUT2D eigenvalue weighted by atomic mass is 9.92. The van der Waals surface area contributed by atoms with Gasteiger partial charge in [-0.15, -0.1) is 11.3 Å². The first kappa shape index (κ1) is 19.2. The number of ether oxygens (including phenoxy) is 1. The molecule has 0 bridgehead atoms. The summed E-state index contributed by atoms with van der Waals surface area (Å²) in [7, 11) is 1.62. The molecular weight excluding hydrogens is 390 g/mol. The number of imide groups is 1. The molecule has 1 unspecified atom stereocenters. The van der Waals surface area contributed by atoms with Gasteiger partial charge >= 0.3 is 6.03 Å². The molecule has 1 saturated heterocycles. The van der Waals surface area contributed by atoms with Crippen molar-refractivity contribution in [1.82, 2.24) is 15.2 Å². The summed E-state index contributed by atoms with van der Waals surface area (Å²) in [6, 6.07) is 8.96. The molecule has 0 saturated carbocycles. The van der Waals surface area contributed by atoms with Crippen LogP contribution in [0.5, 0.6) is 5.75 Å². The van der Waals surface area contributed by atoms with Crippen LogP contribution in [-0.4, -0.2) is 28.9 Å². The summed E-state index contributed by atoms with van der Waals surface area (Å²) in [5.74, 6) is 1.74. The van der Waals surface area contributed by atoms with Gasteiger partial charge < -0.3 is 14.5 Å². The molecule has 1 fully saturated rings. The highest BCUT2D eigenvalue weighted by Crippen LogP contribution is 2.34. The van der Waals surface area contributed by atoms with E-state index in [1.165, 1.54) is 16.2 Å². The number of furan rings is 1. The number of hydrogen-bond donors (Lipinski definition) is 1. The van der Waals surface area contributed by atoms with E-state index in [0.717, 1.165) is 16.3 Å². The van der Waals surface area contributed by atoms with Crippen molar-refractivity contribution >= 4 is 23.3 Å². The molecule has 150 valence electrons. The summed E-state index contributed by atoms with van der Waals surface area (Å²) in [6.45, 7) is 5.41. The predicted octanol–water partition coefficient (Wildman–Crippen LogP) is 4.00. The summed E-state index contributed by atoms with van der Waals surface area (Å²) < 4.78 is 10.8. The van der Waals surface area contributed by atoms with E-state index in [1.807, 2.05) is 36.6 Å². The zero-order valence-electron chi connectivity index (χ0n) is 16.6. The molecule has 1 aromatic carbocycles. The van der Waals surface area contributed by atoms with Crippen LogP contribution >= 0.6 is 11.3 Å². The van der Waals surface area contributed by atoms with Crippen LogP contribution < -0.4 is 10.1 Å². The number of aromatic nitrogens is 1. The summed E-state index contributed by atoms with van der Waals surface area (Å²) in [4.78, 5) is 31.5. The van der Waals surface area contributed by atoms with Gasteiger partial charge in [-0.2, -0.15) is 0 Å². The number of thiazole rings is 1. The minimum atomic E-state index is -1.15. The van der Waals surface area contributed by atoms with Gasteiger partial charge in [0.1, 0.15) is 27.8 Å². The molecule has 3 heterocycles. The molecule has 4 rings (SSSR count). The maximum atomic E-state index is 13.1. The number of aryl methyl sites for hydroxylation is 2. The minimum absolute atomic E-state index is 0.108. The number of benzene rings is 1. The number of nitrogens with one attached hydrogen (secondary N) is 1. The summed E-state index contributed by atoms with van der Waals surface area (Å²) >= 11 is 1.46. The van der Waals surface area contributed by atoms with Gasteiger partial charge in [-0.1, -0.05) is 12.1 Å². The highest BCUT2D eigenvalue weighted by molar-refractivity contribution is 7.13. The van der Waals surface area contributed by atoms with Crippen LogP contribution in [0.1, 0.15) is 29.7 Å². The molecule has 0 radical (unpaired) electrons. The van der Waals surface area contributed by atoms with Crippen molar-refractivity contribution < 1.29 is 18.7 Å². The first-order chi connectivity index (χ1) is 13.8. The van der Waals surface area contributed by atoms with Crippen LogP contribution in [0.2, 0.25) is 0 Å². The van der Waals surface area contributed by atoms with Gasteiger partial charge in [0.25, 0.3) is 5.91 Å². The van der Waals surface area contributed by atoms with Crippen molar-refractivity contribution in [2.45, 2.75) is 32.9 Å². The van der Waals surface area contributed by atoms with Gasteiger partial charge in [0.15, 0.2) is 0 Å². The van der Waals surface area contributed by atoms with E-state index in [1.54, 1.807) is 27.0 Å². The van der Waals surface area contributed by atoms with Crippen molar-refractivity contribution in [1.29, 1.82) is 0 Å². The van der Waals surface area contributed by atoms with E-state index < -0.39 is 11.6 Å². The molecule has 3 aromatic rings. The number of amides is 3. The molecule has 2 aromatic heterocycles. The Morgan fingerprint density at radius 3 is 2.76 bits per heavy atom. The maximum absolute atomic E-state index is 13.1. The smallest absolute Gasteiger partial charge is 0.325 e. The van der Waals surface area contributed by atoms with Gasteiger partial charge in [0.2, 0.25) is 0 Å². The molecule has 29 heavy (non-hydrogen) atoms. The maximum Gasteiger partial charge on any atom is 0.325 e. The Morgan fingerprint density at radius 2 is 2.07 bits per heavy atom. The molecule has 8 heteroatoms. The van der Waals surface area contributed by atoms with E-state index in [-0.39, 0.29) is 12.5 Å². The number of nitrogens with zero attached hydrogens (tertiary/aromatic N) is 2. The number of carbonyl (C=O) groups excluding carboxylic acids is 2. The van der Waals surface area contributed by atoms with Crippen molar-refractivity contribution in [3.8, 4) is 16.3 Å². The molecule has 0 aliphatic carbocycles. The van der Waals surface area contributed by atoms with E-state index in [2.05, 4.69) is 10.3 Å². The molecule has 0 spiro atoms. The molecular formula is C21H21N3O4S. The standard InChI is InChI=1S/C21H21N3O4S/c1-12-8-17(13(2)28-12)21(3)19(25)24(20(26)23-21)10-15-11-29-18(22-15)14-6-5-7-16(9-14)27-4/h5-9,11H,10H2,1-4H3,(H,23,26). The van der Waals surface area contributed by atoms with Crippen LogP contribution in [0.25, 0.3) is 10.6 Å². The number of methoxy groups -OCH3 is 1. The normalized spacial score (nSPS) is 19.0. The second-order valence-electron chi connectivity index (χ2n) is 7.15. The van der Waals surface area contributed by atoms with Crippen LogP contribution in [0, 0.1) is 13.8 Å². The summed E-state index contributed by atoms with van der Waals surface area (Å²) in [5.41, 5.74) is 1.10. The third-order valence-corrected chi connectivity index (χ3v) is 5.98. The number of urea groups is 1. The molecule has 1 aliphatic rings. The Hall–Kier alpha value is -3.13. The van der Waals surface area contributed by atoms with Crippen LogP contribution in [-0.2, 0) is 16.9 Å². The Labute approximate surface area is 172 Å². The quantitative estimate of drug-likeness (QED) is 0.642. The lowest BCUT2D eigenvalue weighted by molar-refractivity contribution is -0.131. The lowest BCUT2D eigenvalue weighted by Crippen LogP contribution is -2.41. The first-order valence-corrected chi connectivity index (χ1v) is 10.00. The average Bonchev–Trinajstić information content (AvgIpc) is 3.36. The summed E-state index contributed by atoms with van der Waals surface area (Å²) in [6.07, 6.45) is 0. The van der Waals surface area contributed by atoms with Crippen molar-refractivity contribution in [2.75, 3.05) is 7.11 Å².